The van der Waals surface area contributed by atoms with Crippen molar-refractivity contribution in [2.24, 2.45) is 9.98 Å². The second kappa shape index (κ2) is 9.88. The molecule has 3 aromatic carbocycles. The van der Waals surface area contributed by atoms with E-state index >= 15 is 0 Å². The Balaban J connectivity index is 1.43. The van der Waals surface area contributed by atoms with Crippen molar-refractivity contribution in [3.05, 3.63) is 127 Å². The van der Waals surface area contributed by atoms with E-state index in [4.69, 9.17) is 8.83 Å². The summed E-state index contributed by atoms with van der Waals surface area (Å²) >= 11 is 0. The molecule has 0 atom stereocenters. The first-order valence-corrected chi connectivity index (χ1v) is 11.0. The zero-order valence-corrected chi connectivity index (χ0v) is 18.7. The third-order valence-corrected chi connectivity index (χ3v) is 5.28. The molecule has 5 rings (SSSR count). The predicted molar refractivity (Wildman–Crippen MR) is 138 cm³/mol. The van der Waals surface area contributed by atoms with Crippen LogP contribution in [0.5, 0.6) is 0 Å². The van der Waals surface area contributed by atoms with Gasteiger partial charge in [-0.25, -0.2) is 0 Å². The van der Waals surface area contributed by atoms with Gasteiger partial charge >= 0.3 is 0 Å². The lowest BCUT2D eigenvalue weighted by molar-refractivity contribution is 0.560. The van der Waals surface area contributed by atoms with Gasteiger partial charge in [0.1, 0.15) is 11.5 Å². The summed E-state index contributed by atoms with van der Waals surface area (Å²) in [5, 5.41) is 0. The van der Waals surface area contributed by atoms with Crippen LogP contribution >= 0.6 is 0 Å². The van der Waals surface area contributed by atoms with Gasteiger partial charge in [0.25, 0.3) is 0 Å². The quantitative estimate of drug-likeness (QED) is 0.238. The molecule has 0 saturated carbocycles. The molecule has 0 bridgehead atoms. The van der Waals surface area contributed by atoms with Crippen LogP contribution in [-0.2, 0) is 0 Å². The van der Waals surface area contributed by atoms with E-state index in [1.165, 1.54) is 5.56 Å². The fraction of sp³-hybridized carbons (Fsp3) is 0.0345. The summed E-state index contributed by atoms with van der Waals surface area (Å²) in [5.41, 5.74) is 6.07. The maximum atomic E-state index is 5.32. The molecular formula is C29H23N3O2. The van der Waals surface area contributed by atoms with Gasteiger partial charge in [-0.05, 0) is 91.9 Å². The molecule has 5 heteroatoms. The molecule has 0 spiro atoms. The van der Waals surface area contributed by atoms with E-state index in [9.17, 15) is 0 Å². The molecule has 2 heterocycles. The SMILES string of the molecule is Cc1ccc(N(c2ccc(N=Cc3ccco3)cc2)c2ccc(N=Cc3ccco3)cc2)cc1. The fourth-order valence-electron chi connectivity index (χ4n) is 3.52. The van der Waals surface area contributed by atoms with E-state index in [2.05, 4.69) is 70.3 Å². The lowest BCUT2D eigenvalue weighted by Crippen LogP contribution is -2.09. The number of aryl methyl sites for hydroxylation is 1. The van der Waals surface area contributed by atoms with Gasteiger partial charge < -0.3 is 13.7 Å². The summed E-state index contributed by atoms with van der Waals surface area (Å²) < 4.78 is 10.6. The van der Waals surface area contributed by atoms with E-state index in [1.807, 2.05) is 48.5 Å². The van der Waals surface area contributed by atoms with E-state index < -0.39 is 0 Å². The molecule has 0 aliphatic carbocycles. The highest BCUT2D eigenvalue weighted by Gasteiger charge is 2.12. The Labute approximate surface area is 198 Å². The Kier molecular flexibility index (Phi) is 6.16. The second-order valence-corrected chi connectivity index (χ2v) is 7.75. The number of furan rings is 2. The molecule has 5 nitrogen and oxygen atoms in total. The Bertz CT molecular complexity index is 1280. The van der Waals surface area contributed by atoms with Gasteiger partial charge in [-0.3, -0.25) is 9.98 Å². The Morgan fingerprint density at radius 1 is 0.559 bits per heavy atom. The molecule has 0 aliphatic heterocycles. The summed E-state index contributed by atoms with van der Waals surface area (Å²) in [6.45, 7) is 2.09. The van der Waals surface area contributed by atoms with Crippen molar-refractivity contribution >= 4 is 40.9 Å². The zero-order chi connectivity index (χ0) is 23.2. The van der Waals surface area contributed by atoms with Gasteiger partial charge in [0.2, 0.25) is 0 Å². The summed E-state index contributed by atoms with van der Waals surface area (Å²) in [5.74, 6) is 1.44. The molecule has 5 aromatic rings. The average Bonchev–Trinajstić information content (AvgIpc) is 3.59. The fourth-order valence-corrected chi connectivity index (χ4v) is 3.52. The number of rotatable bonds is 7. The number of hydrogen-bond donors (Lipinski definition) is 0. The zero-order valence-electron chi connectivity index (χ0n) is 18.7. The number of nitrogens with zero attached hydrogens (tertiary/aromatic N) is 3. The smallest absolute Gasteiger partial charge is 0.144 e. The molecule has 166 valence electrons. The number of aliphatic imine (C=N–C) groups is 2. The highest BCUT2D eigenvalue weighted by molar-refractivity contribution is 5.81. The minimum Gasteiger partial charge on any atom is -0.463 e. The van der Waals surface area contributed by atoms with Crippen LogP contribution in [-0.4, -0.2) is 12.4 Å². The highest BCUT2D eigenvalue weighted by Crippen LogP contribution is 2.36. The first-order valence-electron chi connectivity index (χ1n) is 11.0. The third-order valence-electron chi connectivity index (χ3n) is 5.28. The average molecular weight is 446 g/mol. The topological polar surface area (TPSA) is 54.2 Å². The van der Waals surface area contributed by atoms with Gasteiger partial charge in [-0.2, -0.15) is 0 Å². The van der Waals surface area contributed by atoms with Gasteiger partial charge in [-0.15, -0.1) is 0 Å². The van der Waals surface area contributed by atoms with Crippen LogP contribution in [0.15, 0.2) is 128 Å². The normalized spacial score (nSPS) is 11.4. The lowest BCUT2D eigenvalue weighted by atomic mass is 10.1. The van der Waals surface area contributed by atoms with E-state index in [1.54, 1.807) is 25.0 Å². The number of benzene rings is 3. The van der Waals surface area contributed by atoms with E-state index in [0.29, 0.717) is 0 Å². The van der Waals surface area contributed by atoms with Crippen molar-refractivity contribution in [2.75, 3.05) is 4.90 Å². The van der Waals surface area contributed by atoms with Gasteiger partial charge in [0.05, 0.1) is 36.3 Å². The van der Waals surface area contributed by atoms with Crippen molar-refractivity contribution in [3.8, 4) is 0 Å². The summed E-state index contributed by atoms with van der Waals surface area (Å²) in [4.78, 5) is 11.2. The summed E-state index contributed by atoms with van der Waals surface area (Å²) in [7, 11) is 0. The van der Waals surface area contributed by atoms with Crippen molar-refractivity contribution in [1.82, 2.24) is 0 Å². The maximum Gasteiger partial charge on any atom is 0.144 e. The van der Waals surface area contributed by atoms with Crippen LogP contribution < -0.4 is 4.90 Å². The standard InChI is InChI=1S/C29H23N3O2/c1-22-6-12-25(13-7-22)32(26-14-8-23(9-15-26)30-20-28-4-2-18-33-28)27-16-10-24(11-17-27)31-21-29-5-3-19-34-29/h2-21H,1H3. The van der Waals surface area contributed by atoms with Crippen molar-refractivity contribution in [1.29, 1.82) is 0 Å². The van der Waals surface area contributed by atoms with Crippen LogP contribution in [0.2, 0.25) is 0 Å². The molecule has 34 heavy (non-hydrogen) atoms. The van der Waals surface area contributed by atoms with Gasteiger partial charge in [0, 0.05) is 17.1 Å². The maximum absolute atomic E-state index is 5.32. The highest BCUT2D eigenvalue weighted by atomic mass is 16.3. The lowest BCUT2D eigenvalue weighted by Gasteiger charge is -2.25. The largest absolute Gasteiger partial charge is 0.463 e. The van der Waals surface area contributed by atoms with Crippen LogP contribution in [0.25, 0.3) is 0 Å². The molecule has 0 fully saturated rings. The molecular weight excluding hydrogens is 422 g/mol. The molecule has 2 aromatic heterocycles. The summed E-state index contributed by atoms with van der Waals surface area (Å²) in [6.07, 6.45) is 6.71. The first kappa shape index (κ1) is 21.2. The molecule has 0 saturated heterocycles. The minimum absolute atomic E-state index is 0.722. The number of hydrogen-bond acceptors (Lipinski definition) is 5. The molecule has 0 aliphatic rings. The van der Waals surface area contributed by atoms with E-state index in [0.717, 1.165) is 40.0 Å². The molecule has 0 amide bonds. The van der Waals surface area contributed by atoms with Crippen molar-refractivity contribution < 1.29 is 8.83 Å². The van der Waals surface area contributed by atoms with Crippen LogP contribution in [0.4, 0.5) is 28.4 Å². The van der Waals surface area contributed by atoms with Crippen LogP contribution in [0, 0.1) is 6.92 Å². The minimum atomic E-state index is 0.722. The van der Waals surface area contributed by atoms with Crippen molar-refractivity contribution in [2.45, 2.75) is 6.92 Å². The summed E-state index contributed by atoms with van der Waals surface area (Å²) in [6, 6.07) is 32.2. The third kappa shape index (κ3) is 5.05. The Morgan fingerprint density at radius 3 is 1.35 bits per heavy atom. The van der Waals surface area contributed by atoms with Crippen LogP contribution in [0.1, 0.15) is 17.1 Å². The van der Waals surface area contributed by atoms with Gasteiger partial charge in [-0.1, -0.05) is 17.7 Å². The Hall–Kier alpha value is -4.64. The second-order valence-electron chi connectivity index (χ2n) is 7.75. The molecule has 0 unspecified atom stereocenters. The molecule has 0 N–H and O–H groups in total. The Morgan fingerprint density at radius 2 is 0.971 bits per heavy atom. The molecule has 0 radical (unpaired) electrons. The first-order chi connectivity index (χ1) is 16.7. The monoisotopic (exact) mass is 445 g/mol. The van der Waals surface area contributed by atoms with Crippen molar-refractivity contribution in [3.63, 3.8) is 0 Å². The number of anilines is 3. The van der Waals surface area contributed by atoms with E-state index in [-0.39, 0.29) is 0 Å². The van der Waals surface area contributed by atoms with Gasteiger partial charge in [0.15, 0.2) is 0 Å². The van der Waals surface area contributed by atoms with Crippen LogP contribution in [0.3, 0.4) is 0 Å². The predicted octanol–water partition coefficient (Wildman–Crippen LogP) is 8.15.